The molecule has 3 aromatic rings. The molecule has 0 radical (unpaired) electrons. The van der Waals surface area contributed by atoms with Crippen LogP contribution < -0.4 is 43.8 Å². The number of aromatic nitrogens is 4. The highest BCUT2D eigenvalue weighted by atomic mass is 35.5. The van der Waals surface area contributed by atoms with E-state index < -0.39 is 5.91 Å². The second-order valence-electron chi connectivity index (χ2n) is 9.65. The van der Waals surface area contributed by atoms with Crippen molar-refractivity contribution >= 4 is 46.1 Å². The lowest BCUT2D eigenvalue weighted by atomic mass is 10.3. The van der Waals surface area contributed by atoms with Gasteiger partial charge >= 0.3 is 0 Å². The average molecular weight is 610 g/mol. The number of fused-ring (bicyclic) bond motifs is 1. The van der Waals surface area contributed by atoms with Crippen molar-refractivity contribution in [1.29, 1.82) is 0 Å². The minimum absolute atomic E-state index is 0. The van der Waals surface area contributed by atoms with Crippen molar-refractivity contribution in [1.82, 2.24) is 35.0 Å². The minimum atomic E-state index is -0.499. The van der Waals surface area contributed by atoms with Gasteiger partial charge in [-0.2, -0.15) is 0 Å². The summed E-state index contributed by atoms with van der Waals surface area (Å²) in [6.45, 7) is 10.6. The zero-order valence-electron chi connectivity index (χ0n) is 23.6. The van der Waals surface area contributed by atoms with E-state index in [0.29, 0.717) is 38.5 Å². The molecule has 1 fully saturated rings. The fourth-order valence-electron chi connectivity index (χ4n) is 4.83. The molecule has 15 heteroatoms. The van der Waals surface area contributed by atoms with Gasteiger partial charge in [0.15, 0.2) is 33.5 Å². The molecule has 1 aliphatic rings. The molecule has 0 atom stereocenters. The highest BCUT2D eigenvalue weighted by molar-refractivity contribution is 6.31. The Labute approximate surface area is 250 Å². The van der Waals surface area contributed by atoms with Gasteiger partial charge in [0.2, 0.25) is 5.91 Å². The summed E-state index contributed by atoms with van der Waals surface area (Å²) in [6, 6.07) is 5.89. The van der Waals surface area contributed by atoms with Crippen LogP contribution in [-0.2, 0) is 24.4 Å². The monoisotopic (exact) mass is 608 g/mol. The first kappa shape index (κ1) is 32.1. The number of benzene rings is 1. The summed E-state index contributed by atoms with van der Waals surface area (Å²) in [5.74, 6) is 0.989. The molecule has 2 aromatic heterocycles. The molecule has 6 N–H and O–H groups in total. The van der Waals surface area contributed by atoms with Crippen molar-refractivity contribution in [2.45, 2.75) is 33.5 Å². The zero-order valence-corrected chi connectivity index (χ0v) is 25.1. The lowest BCUT2D eigenvalue weighted by molar-refractivity contribution is -0.676. The van der Waals surface area contributed by atoms with Gasteiger partial charge in [0, 0.05) is 32.2 Å². The first-order chi connectivity index (χ1) is 19.2. The van der Waals surface area contributed by atoms with Crippen molar-refractivity contribution in [3.05, 3.63) is 34.9 Å². The number of anilines is 2. The predicted molar refractivity (Wildman–Crippen MR) is 153 cm³/mol. The standard InChI is InChI=1S/C26H37ClN10O3.ClH/c1-4-36-18-7-6-17(40-13-8-30-20(38)16-35-11-9-34(3)10-12-35)14-19(18)37(5-2)21(36)15-31-26(39)22-24(28)33-25(29)23(27)32-22;/h6-7,14H,4-5,8-13,15-16H2,1-3H3,(H5-,28,29,30,31,33,38,39);1H. The van der Waals surface area contributed by atoms with Crippen LogP contribution in [0.1, 0.15) is 30.2 Å². The smallest absolute Gasteiger partial charge is 0.277 e. The molecule has 2 amide bonds. The van der Waals surface area contributed by atoms with Crippen LogP contribution >= 0.6 is 11.6 Å². The number of carbonyl (C=O) groups excluding carboxylic acids is 2. The van der Waals surface area contributed by atoms with Crippen LogP contribution in [0.15, 0.2) is 18.2 Å². The third-order valence-electron chi connectivity index (χ3n) is 6.97. The summed E-state index contributed by atoms with van der Waals surface area (Å²) in [5.41, 5.74) is 13.4. The van der Waals surface area contributed by atoms with Crippen LogP contribution in [0.4, 0.5) is 11.6 Å². The lowest BCUT2D eigenvalue weighted by Crippen LogP contribution is -3.00. The number of hydrogen-bond donors (Lipinski definition) is 4. The van der Waals surface area contributed by atoms with E-state index in [1.807, 2.05) is 32.0 Å². The third-order valence-corrected chi connectivity index (χ3v) is 7.25. The number of amides is 2. The van der Waals surface area contributed by atoms with Crippen LogP contribution in [0, 0.1) is 0 Å². The van der Waals surface area contributed by atoms with Gasteiger partial charge in [-0.25, -0.2) is 19.1 Å². The highest BCUT2D eigenvalue weighted by Gasteiger charge is 2.25. The van der Waals surface area contributed by atoms with Crippen molar-refractivity contribution in [2.75, 3.05) is 64.4 Å². The molecular weight excluding hydrogens is 571 g/mol. The van der Waals surface area contributed by atoms with Crippen molar-refractivity contribution in [3.8, 4) is 5.75 Å². The number of hydrogen-bond acceptors (Lipinski definition) is 9. The van der Waals surface area contributed by atoms with E-state index in [9.17, 15) is 9.59 Å². The van der Waals surface area contributed by atoms with Gasteiger partial charge in [0.05, 0.1) is 26.2 Å². The van der Waals surface area contributed by atoms with Crippen LogP contribution in [0.25, 0.3) is 11.0 Å². The maximum Gasteiger partial charge on any atom is 0.277 e. The van der Waals surface area contributed by atoms with E-state index in [2.05, 4.69) is 46.6 Å². The normalized spacial score (nSPS) is 14.0. The van der Waals surface area contributed by atoms with Gasteiger partial charge in [0.1, 0.15) is 18.9 Å². The number of nitrogen functional groups attached to an aromatic ring is 2. The molecule has 1 aliphatic heterocycles. The first-order valence-corrected chi connectivity index (χ1v) is 13.8. The number of imidazole rings is 1. The average Bonchev–Trinajstić information content (AvgIpc) is 3.24. The zero-order chi connectivity index (χ0) is 28.8. The maximum atomic E-state index is 12.8. The molecular formula is C26H38Cl2N10O3. The van der Waals surface area contributed by atoms with E-state index in [-0.39, 0.29) is 47.3 Å². The number of halogens is 2. The highest BCUT2D eigenvalue weighted by Crippen LogP contribution is 2.22. The van der Waals surface area contributed by atoms with Gasteiger partial charge in [-0.1, -0.05) is 11.6 Å². The van der Waals surface area contributed by atoms with E-state index >= 15 is 0 Å². The maximum absolute atomic E-state index is 12.8. The van der Waals surface area contributed by atoms with E-state index in [0.717, 1.165) is 43.0 Å². The molecule has 0 aliphatic carbocycles. The molecule has 0 unspecified atom stereocenters. The van der Waals surface area contributed by atoms with Crippen molar-refractivity contribution in [3.63, 3.8) is 0 Å². The number of nitrogens with one attached hydrogen (secondary N) is 2. The fourth-order valence-corrected chi connectivity index (χ4v) is 4.96. The summed E-state index contributed by atoms with van der Waals surface area (Å²) in [5, 5.41) is 5.74. The van der Waals surface area contributed by atoms with E-state index in [4.69, 9.17) is 27.8 Å². The van der Waals surface area contributed by atoms with Gasteiger partial charge < -0.3 is 44.1 Å². The number of nitrogens with zero attached hydrogens (tertiary/aromatic N) is 6. The van der Waals surface area contributed by atoms with Crippen LogP contribution in [0.5, 0.6) is 5.75 Å². The molecule has 1 aromatic carbocycles. The Morgan fingerprint density at radius 1 is 1.10 bits per heavy atom. The first-order valence-electron chi connectivity index (χ1n) is 13.4. The van der Waals surface area contributed by atoms with Crippen molar-refractivity contribution < 1.29 is 31.3 Å². The number of ether oxygens (including phenoxy) is 1. The Morgan fingerprint density at radius 2 is 1.83 bits per heavy atom. The molecule has 41 heavy (non-hydrogen) atoms. The predicted octanol–water partition coefficient (Wildman–Crippen LogP) is -2.75. The summed E-state index contributed by atoms with van der Waals surface area (Å²) >= 11 is 5.94. The third kappa shape index (κ3) is 7.67. The van der Waals surface area contributed by atoms with Gasteiger partial charge in [-0.15, -0.1) is 0 Å². The van der Waals surface area contributed by atoms with Crippen molar-refractivity contribution in [2.24, 2.45) is 0 Å². The molecule has 4 rings (SSSR count). The number of carbonyl (C=O) groups is 2. The van der Waals surface area contributed by atoms with E-state index in [1.165, 1.54) is 0 Å². The van der Waals surface area contributed by atoms with Crippen LogP contribution in [-0.4, -0.2) is 89.1 Å². The Hall–Kier alpha value is -3.39. The van der Waals surface area contributed by atoms with E-state index in [1.54, 1.807) is 0 Å². The topological polar surface area (TPSA) is 161 Å². The number of rotatable bonds is 11. The number of piperazine rings is 1. The summed E-state index contributed by atoms with van der Waals surface area (Å²) < 4.78 is 10.2. The second kappa shape index (κ2) is 14.5. The van der Waals surface area contributed by atoms with Crippen LogP contribution in [0.3, 0.4) is 0 Å². The summed E-state index contributed by atoms with van der Waals surface area (Å²) in [6.07, 6.45) is 0. The molecule has 13 nitrogen and oxygen atoms in total. The minimum Gasteiger partial charge on any atom is -1.00 e. The Bertz CT molecular complexity index is 1380. The summed E-state index contributed by atoms with van der Waals surface area (Å²) in [7, 11) is 2.09. The van der Waals surface area contributed by atoms with Gasteiger partial charge in [-0.05, 0) is 33.0 Å². The second-order valence-corrected chi connectivity index (χ2v) is 10.0. The largest absolute Gasteiger partial charge is 1.00 e. The van der Waals surface area contributed by atoms with Crippen LogP contribution in [0.2, 0.25) is 5.15 Å². The fraction of sp³-hybridized carbons (Fsp3) is 0.500. The molecule has 0 bridgehead atoms. The Kier molecular flexibility index (Phi) is 11.4. The molecule has 0 saturated carbocycles. The molecule has 3 heterocycles. The quantitative estimate of drug-likeness (QED) is 0.134. The SMILES string of the molecule is CCn1c(CNC(=O)c2nc(Cl)c(N)nc2N)[n+](CC)c2ccc(OCCNC(=O)CN3CCN(C)CC3)cc21.[Cl-]. The van der Waals surface area contributed by atoms with Gasteiger partial charge in [0.25, 0.3) is 11.7 Å². The Balaban J connectivity index is 0.00000462. The number of nitrogens with two attached hydrogens (primary N) is 2. The molecule has 224 valence electrons. The van der Waals surface area contributed by atoms with Gasteiger partial charge in [-0.3, -0.25) is 14.5 Å². The summed E-state index contributed by atoms with van der Waals surface area (Å²) in [4.78, 5) is 37.4. The Morgan fingerprint density at radius 3 is 2.51 bits per heavy atom. The molecule has 0 spiro atoms. The number of aryl methyl sites for hydroxylation is 2. The molecule has 1 saturated heterocycles. The lowest BCUT2D eigenvalue weighted by Gasteiger charge is -2.31. The number of likely N-dealkylation sites (N-methyl/N-ethyl adjacent to an activating group) is 1.